The number of nitrogens with zero attached hydrogens (tertiary/aromatic N) is 6. The molecule has 0 atom stereocenters. The van der Waals surface area contributed by atoms with Crippen LogP contribution in [0.2, 0.25) is 0 Å². The van der Waals surface area contributed by atoms with E-state index in [1.165, 1.54) is 12.3 Å². The Hall–Kier alpha value is -4.53. The summed E-state index contributed by atoms with van der Waals surface area (Å²) < 4.78 is 37.6. The van der Waals surface area contributed by atoms with Gasteiger partial charge in [0.2, 0.25) is 11.8 Å². The third kappa shape index (κ3) is 5.75. The van der Waals surface area contributed by atoms with Gasteiger partial charge in [0.05, 0.1) is 23.2 Å². The smallest absolute Gasteiger partial charge is 0.388 e. The number of halogens is 2. The van der Waals surface area contributed by atoms with Gasteiger partial charge in [0.15, 0.2) is 5.82 Å². The molecule has 0 aliphatic heterocycles. The molecule has 4 aromatic heterocycles. The Morgan fingerprint density at radius 2 is 1.97 bits per heavy atom. The minimum atomic E-state index is -3.02. The van der Waals surface area contributed by atoms with Crippen molar-refractivity contribution in [3.8, 4) is 28.8 Å². The molecule has 4 aromatic rings. The molecule has 0 aliphatic carbocycles. The number of hydrogen-bond acceptors (Lipinski definition) is 9. The van der Waals surface area contributed by atoms with Crippen LogP contribution in [-0.4, -0.2) is 44.8 Å². The van der Waals surface area contributed by atoms with Crippen molar-refractivity contribution in [2.75, 3.05) is 24.3 Å². The lowest BCUT2D eigenvalue weighted by molar-refractivity contribution is -0.0528. The van der Waals surface area contributed by atoms with Gasteiger partial charge in [-0.3, -0.25) is 0 Å². The Morgan fingerprint density at radius 3 is 2.69 bits per heavy atom. The lowest BCUT2D eigenvalue weighted by atomic mass is 9.97. The van der Waals surface area contributed by atoms with E-state index in [0.29, 0.717) is 34.5 Å². The first-order chi connectivity index (χ1) is 17.2. The Labute approximate surface area is 205 Å². The third-order valence-corrected chi connectivity index (χ3v) is 5.05. The highest BCUT2D eigenvalue weighted by atomic mass is 19.3. The van der Waals surface area contributed by atoms with E-state index < -0.39 is 12.0 Å². The van der Waals surface area contributed by atoms with Crippen LogP contribution in [0.1, 0.15) is 19.5 Å². The molecular weight excluding hydrogens is 470 g/mol. The number of aromatic nitrogens is 5. The van der Waals surface area contributed by atoms with Gasteiger partial charge >= 0.3 is 6.61 Å². The molecule has 0 aromatic carbocycles. The molecule has 0 fully saturated rings. The number of alkyl halides is 2. The maximum atomic E-state index is 12.8. The van der Waals surface area contributed by atoms with Gasteiger partial charge in [0, 0.05) is 42.7 Å². The van der Waals surface area contributed by atoms with E-state index in [0.717, 1.165) is 11.2 Å². The number of pyridine rings is 2. The maximum Gasteiger partial charge on any atom is 0.388 e. The first kappa shape index (κ1) is 24.6. The molecule has 0 saturated carbocycles. The highest BCUT2D eigenvalue weighted by Crippen LogP contribution is 2.34. The maximum absolute atomic E-state index is 12.8. The van der Waals surface area contributed by atoms with Gasteiger partial charge < -0.3 is 20.1 Å². The molecule has 0 unspecified atom stereocenters. The van der Waals surface area contributed by atoms with Crippen molar-refractivity contribution in [3.05, 3.63) is 48.4 Å². The lowest BCUT2D eigenvalue weighted by Gasteiger charge is -2.18. The number of hydrogen-bond donors (Lipinski definition) is 2. The van der Waals surface area contributed by atoms with Crippen molar-refractivity contribution in [3.63, 3.8) is 0 Å². The van der Waals surface area contributed by atoms with Crippen molar-refractivity contribution in [1.82, 2.24) is 24.6 Å². The van der Waals surface area contributed by atoms with Crippen LogP contribution in [0.15, 0.2) is 42.7 Å². The van der Waals surface area contributed by atoms with Crippen LogP contribution in [0.5, 0.6) is 11.6 Å². The van der Waals surface area contributed by atoms with E-state index in [-0.39, 0.29) is 12.5 Å². The summed E-state index contributed by atoms with van der Waals surface area (Å²) in [5.74, 6) is 1.70. The van der Waals surface area contributed by atoms with Crippen LogP contribution >= 0.6 is 0 Å². The van der Waals surface area contributed by atoms with Crippen LogP contribution < -0.4 is 20.1 Å². The van der Waals surface area contributed by atoms with Gasteiger partial charge in [-0.25, -0.2) is 14.5 Å². The second-order valence-corrected chi connectivity index (χ2v) is 8.59. The van der Waals surface area contributed by atoms with Gasteiger partial charge in [0.1, 0.15) is 18.2 Å². The first-order valence-electron chi connectivity index (χ1n) is 10.9. The Balaban J connectivity index is 1.68. The molecule has 186 valence electrons. The molecule has 0 aliphatic rings. The summed E-state index contributed by atoms with van der Waals surface area (Å²) in [6.45, 7) is 2.40. The van der Waals surface area contributed by atoms with E-state index in [1.807, 2.05) is 19.1 Å². The molecule has 2 N–H and O–H groups in total. The number of ether oxygens (including phenoxy) is 2. The second kappa shape index (κ2) is 9.99. The highest BCUT2D eigenvalue weighted by molar-refractivity contribution is 5.75. The molecule has 12 heteroatoms. The predicted molar refractivity (Wildman–Crippen MR) is 130 cm³/mol. The average Bonchev–Trinajstić information content (AvgIpc) is 3.23. The van der Waals surface area contributed by atoms with E-state index in [1.54, 1.807) is 43.7 Å². The Kier molecular flexibility index (Phi) is 6.82. The molecule has 0 amide bonds. The minimum absolute atomic E-state index is 0.0865. The standard InChI is InChI=1S/C24H24F2N8O2/c1-14-7-19(32-23(28-4)30-14)31-20-9-16-8-15(5-6-34(16)33-20)17-10-21(36-22(25)26)29-11-18(17)35-13-24(2,3)12-27/h5-11,22H,13H2,1-4H3,(H2,28,30,31,32,33). The van der Waals surface area contributed by atoms with Crippen LogP contribution in [0.3, 0.4) is 0 Å². The fraction of sp³-hybridized carbons (Fsp3) is 0.292. The number of fused-ring (bicyclic) bond motifs is 1. The lowest BCUT2D eigenvalue weighted by Crippen LogP contribution is -2.19. The van der Waals surface area contributed by atoms with Gasteiger partial charge in [-0.1, -0.05) is 0 Å². The fourth-order valence-corrected chi connectivity index (χ4v) is 3.31. The van der Waals surface area contributed by atoms with E-state index in [9.17, 15) is 14.0 Å². The summed E-state index contributed by atoms with van der Waals surface area (Å²) in [5, 5.41) is 19.9. The third-order valence-electron chi connectivity index (χ3n) is 5.05. The number of aryl methyl sites for hydroxylation is 1. The largest absolute Gasteiger partial charge is 0.490 e. The van der Waals surface area contributed by atoms with E-state index in [4.69, 9.17) is 4.74 Å². The fourth-order valence-electron chi connectivity index (χ4n) is 3.31. The monoisotopic (exact) mass is 494 g/mol. The van der Waals surface area contributed by atoms with Crippen molar-refractivity contribution in [2.45, 2.75) is 27.4 Å². The zero-order valence-electron chi connectivity index (χ0n) is 20.1. The molecule has 0 bridgehead atoms. The Morgan fingerprint density at radius 1 is 1.17 bits per heavy atom. The zero-order chi connectivity index (χ0) is 25.9. The van der Waals surface area contributed by atoms with Crippen molar-refractivity contribution in [2.24, 2.45) is 5.41 Å². The number of nitrogens with one attached hydrogen (secondary N) is 2. The first-order valence-corrected chi connectivity index (χ1v) is 10.9. The molecule has 4 rings (SSSR count). The molecule has 0 radical (unpaired) electrons. The molecular formula is C24H24F2N8O2. The Bertz CT molecular complexity index is 1430. The van der Waals surface area contributed by atoms with Crippen LogP contribution in [0.25, 0.3) is 16.6 Å². The molecule has 0 spiro atoms. The molecule has 0 saturated heterocycles. The molecule has 4 heterocycles. The normalized spacial score (nSPS) is 11.4. The summed E-state index contributed by atoms with van der Waals surface area (Å²) in [6.07, 6.45) is 3.04. The van der Waals surface area contributed by atoms with Gasteiger partial charge in [-0.05, 0) is 38.5 Å². The molecule has 36 heavy (non-hydrogen) atoms. The SMILES string of the molecule is CNc1nc(C)cc(Nc2cc3cc(-c4cc(OC(F)F)ncc4OCC(C)(C)C#N)ccn3n2)n1. The quantitative estimate of drug-likeness (QED) is 0.337. The van der Waals surface area contributed by atoms with E-state index in [2.05, 4.69) is 41.5 Å². The van der Waals surface area contributed by atoms with Crippen molar-refractivity contribution < 1.29 is 18.3 Å². The summed E-state index contributed by atoms with van der Waals surface area (Å²) in [5.41, 5.74) is 1.91. The minimum Gasteiger partial charge on any atom is -0.490 e. The van der Waals surface area contributed by atoms with Gasteiger partial charge in [-0.15, -0.1) is 0 Å². The van der Waals surface area contributed by atoms with Crippen LogP contribution in [-0.2, 0) is 0 Å². The predicted octanol–water partition coefficient (Wildman–Crippen LogP) is 4.81. The summed E-state index contributed by atoms with van der Waals surface area (Å²) in [7, 11) is 1.74. The number of anilines is 3. The van der Waals surface area contributed by atoms with Gasteiger partial charge in [0.25, 0.3) is 0 Å². The summed E-state index contributed by atoms with van der Waals surface area (Å²) in [4.78, 5) is 12.6. The summed E-state index contributed by atoms with van der Waals surface area (Å²) in [6, 6.07) is 10.7. The van der Waals surface area contributed by atoms with Crippen LogP contribution in [0, 0.1) is 23.7 Å². The van der Waals surface area contributed by atoms with Crippen molar-refractivity contribution in [1.29, 1.82) is 5.26 Å². The number of nitriles is 1. The van der Waals surface area contributed by atoms with E-state index >= 15 is 0 Å². The molecule has 10 nitrogen and oxygen atoms in total. The number of rotatable bonds is 9. The van der Waals surface area contributed by atoms with Gasteiger partial charge in [-0.2, -0.15) is 24.1 Å². The van der Waals surface area contributed by atoms with Crippen LogP contribution in [0.4, 0.5) is 26.4 Å². The summed E-state index contributed by atoms with van der Waals surface area (Å²) >= 11 is 0. The zero-order valence-corrected chi connectivity index (χ0v) is 20.1. The van der Waals surface area contributed by atoms with Crippen molar-refractivity contribution >= 4 is 23.1 Å². The highest BCUT2D eigenvalue weighted by Gasteiger charge is 2.20. The second-order valence-electron chi connectivity index (χ2n) is 8.59. The topological polar surface area (TPSA) is 122 Å². The average molecular weight is 495 g/mol.